The third-order valence-corrected chi connectivity index (χ3v) is 4.44. The van der Waals surface area contributed by atoms with Crippen LogP contribution in [0.4, 0.5) is 0 Å². The molecule has 1 fully saturated rings. The van der Waals surface area contributed by atoms with Gasteiger partial charge in [-0.25, -0.2) is 0 Å². The van der Waals surface area contributed by atoms with Crippen LogP contribution in [0.1, 0.15) is 46.5 Å². The van der Waals surface area contributed by atoms with Gasteiger partial charge in [0.25, 0.3) is 0 Å². The smallest absolute Gasteiger partial charge is 0.0186 e. The molecule has 0 saturated heterocycles. The van der Waals surface area contributed by atoms with Crippen LogP contribution in [-0.2, 0) is 0 Å². The monoisotopic (exact) mass is 215 g/mol. The molecule has 2 heteroatoms. The average Bonchev–Trinajstić information content (AvgIpc) is 3.01. The lowest BCUT2D eigenvalue weighted by atomic mass is 10.2. The molecule has 84 valence electrons. The van der Waals surface area contributed by atoms with E-state index in [9.17, 15) is 0 Å². The molecule has 0 aromatic rings. The molecule has 0 aromatic heterocycles. The van der Waals surface area contributed by atoms with E-state index in [-0.39, 0.29) is 0 Å². The minimum absolute atomic E-state index is 0.800. The summed E-state index contributed by atoms with van der Waals surface area (Å²) in [6, 6.07) is 0.800. The van der Waals surface area contributed by atoms with Crippen LogP contribution in [0.25, 0.3) is 0 Å². The average molecular weight is 215 g/mol. The van der Waals surface area contributed by atoms with Crippen LogP contribution in [0.15, 0.2) is 0 Å². The fourth-order valence-electron chi connectivity index (χ4n) is 1.58. The van der Waals surface area contributed by atoms with E-state index >= 15 is 0 Å². The normalized spacial score (nSPS) is 20.8. The highest BCUT2D eigenvalue weighted by Crippen LogP contribution is 2.34. The first-order valence-electron chi connectivity index (χ1n) is 6.12. The third-order valence-electron chi connectivity index (χ3n) is 2.98. The molecule has 14 heavy (non-hydrogen) atoms. The standard InChI is InChI=1S/C12H25NS/c1-4-8-13-12(11-6-7-11)9-14-10(3)5-2/h10-13H,4-9H2,1-3H3. The van der Waals surface area contributed by atoms with E-state index in [0.717, 1.165) is 17.2 Å². The number of hydrogen-bond donors (Lipinski definition) is 1. The topological polar surface area (TPSA) is 12.0 Å². The summed E-state index contributed by atoms with van der Waals surface area (Å²) in [6.45, 7) is 8.07. The van der Waals surface area contributed by atoms with Crippen LogP contribution in [0, 0.1) is 5.92 Å². The van der Waals surface area contributed by atoms with Crippen molar-refractivity contribution in [2.45, 2.75) is 57.7 Å². The molecule has 1 nitrogen and oxygen atoms in total. The molecule has 0 radical (unpaired) electrons. The summed E-state index contributed by atoms with van der Waals surface area (Å²) in [5.74, 6) is 2.32. The van der Waals surface area contributed by atoms with Crippen molar-refractivity contribution >= 4 is 11.8 Å². The zero-order valence-electron chi connectivity index (χ0n) is 9.88. The van der Waals surface area contributed by atoms with Gasteiger partial charge in [0.05, 0.1) is 0 Å². The molecular formula is C12H25NS. The molecule has 1 saturated carbocycles. The first-order chi connectivity index (χ1) is 6.77. The number of rotatable bonds is 8. The van der Waals surface area contributed by atoms with Crippen molar-refractivity contribution in [3.63, 3.8) is 0 Å². The molecule has 0 bridgehead atoms. The van der Waals surface area contributed by atoms with E-state index in [2.05, 4.69) is 37.8 Å². The lowest BCUT2D eigenvalue weighted by Gasteiger charge is -2.19. The van der Waals surface area contributed by atoms with Crippen molar-refractivity contribution in [3.8, 4) is 0 Å². The number of hydrogen-bond acceptors (Lipinski definition) is 2. The molecule has 1 aliphatic rings. The zero-order valence-corrected chi connectivity index (χ0v) is 10.7. The van der Waals surface area contributed by atoms with Crippen LogP contribution in [0.2, 0.25) is 0 Å². The Hall–Kier alpha value is 0.310. The Morgan fingerprint density at radius 1 is 1.36 bits per heavy atom. The number of thioether (sulfide) groups is 1. The van der Waals surface area contributed by atoms with Crippen molar-refractivity contribution in [2.24, 2.45) is 5.92 Å². The quantitative estimate of drug-likeness (QED) is 0.667. The van der Waals surface area contributed by atoms with Gasteiger partial charge >= 0.3 is 0 Å². The molecule has 1 N–H and O–H groups in total. The highest BCUT2D eigenvalue weighted by atomic mass is 32.2. The lowest BCUT2D eigenvalue weighted by molar-refractivity contribution is 0.502. The summed E-state index contributed by atoms with van der Waals surface area (Å²) >= 11 is 2.14. The summed E-state index contributed by atoms with van der Waals surface area (Å²) in [4.78, 5) is 0. The highest BCUT2D eigenvalue weighted by Gasteiger charge is 2.30. The van der Waals surface area contributed by atoms with Gasteiger partial charge < -0.3 is 5.32 Å². The van der Waals surface area contributed by atoms with Crippen LogP contribution in [0.3, 0.4) is 0 Å². The highest BCUT2D eigenvalue weighted by molar-refractivity contribution is 7.99. The first-order valence-corrected chi connectivity index (χ1v) is 7.17. The maximum absolute atomic E-state index is 3.69. The molecule has 0 amide bonds. The Bertz CT molecular complexity index is 145. The summed E-state index contributed by atoms with van der Waals surface area (Å²) in [6.07, 6.45) is 5.48. The Kier molecular flexibility index (Phi) is 5.95. The predicted molar refractivity (Wildman–Crippen MR) is 67.0 cm³/mol. The maximum Gasteiger partial charge on any atom is 0.0186 e. The first kappa shape index (κ1) is 12.4. The Morgan fingerprint density at radius 3 is 2.57 bits per heavy atom. The van der Waals surface area contributed by atoms with Crippen molar-refractivity contribution in [3.05, 3.63) is 0 Å². The summed E-state index contributed by atoms with van der Waals surface area (Å²) in [5, 5.41) is 4.52. The second kappa shape index (κ2) is 6.73. The maximum atomic E-state index is 3.69. The Morgan fingerprint density at radius 2 is 2.07 bits per heavy atom. The van der Waals surface area contributed by atoms with Crippen LogP contribution in [0.5, 0.6) is 0 Å². The van der Waals surface area contributed by atoms with Gasteiger partial charge in [0.2, 0.25) is 0 Å². The second-order valence-corrected chi connectivity index (χ2v) is 5.92. The Labute approximate surface area is 93.4 Å². The molecule has 0 heterocycles. The molecule has 1 aliphatic carbocycles. The SMILES string of the molecule is CCCNC(CSC(C)CC)C1CC1. The Balaban J connectivity index is 2.14. The van der Waals surface area contributed by atoms with Crippen LogP contribution in [-0.4, -0.2) is 23.6 Å². The fourth-order valence-corrected chi connectivity index (χ4v) is 2.74. The summed E-state index contributed by atoms with van der Waals surface area (Å²) in [7, 11) is 0. The van der Waals surface area contributed by atoms with Crippen molar-refractivity contribution in [1.29, 1.82) is 0 Å². The molecule has 1 rings (SSSR count). The van der Waals surface area contributed by atoms with Gasteiger partial charge in [-0.2, -0.15) is 11.8 Å². The summed E-state index contributed by atoms with van der Waals surface area (Å²) in [5.41, 5.74) is 0. The fraction of sp³-hybridized carbons (Fsp3) is 1.00. The molecule has 0 aromatic carbocycles. The van der Waals surface area contributed by atoms with Crippen molar-refractivity contribution < 1.29 is 0 Å². The van der Waals surface area contributed by atoms with E-state index in [1.54, 1.807) is 0 Å². The summed E-state index contributed by atoms with van der Waals surface area (Å²) < 4.78 is 0. The molecule has 0 aliphatic heterocycles. The predicted octanol–water partition coefficient (Wildman–Crippen LogP) is 3.30. The van der Waals surface area contributed by atoms with Gasteiger partial charge in [-0.15, -0.1) is 0 Å². The van der Waals surface area contributed by atoms with E-state index in [4.69, 9.17) is 0 Å². The van der Waals surface area contributed by atoms with E-state index < -0.39 is 0 Å². The van der Waals surface area contributed by atoms with Gasteiger partial charge in [-0.3, -0.25) is 0 Å². The van der Waals surface area contributed by atoms with E-state index in [1.807, 2.05) is 0 Å². The van der Waals surface area contributed by atoms with Gasteiger partial charge in [0.15, 0.2) is 0 Å². The molecular weight excluding hydrogens is 190 g/mol. The van der Waals surface area contributed by atoms with Crippen LogP contribution < -0.4 is 5.32 Å². The number of nitrogens with one attached hydrogen (secondary N) is 1. The van der Waals surface area contributed by atoms with Gasteiger partial charge in [-0.05, 0) is 38.1 Å². The minimum Gasteiger partial charge on any atom is -0.313 e. The van der Waals surface area contributed by atoms with E-state index in [1.165, 1.54) is 38.0 Å². The van der Waals surface area contributed by atoms with Gasteiger partial charge in [0.1, 0.15) is 0 Å². The van der Waals surface area contributed by atoms with Crippen molar-refractivity contribution in [1.82, 2.24) is 5.32 Å². The molecule has 0 spiro atoms. The third kappa shape index (κ3) is 4.70. The van der Waals surface area contributed by atoms with Gasteiger partial charge in [0, 0.05) is 17.0 Å². The minimum atomic E-state index is 0.800. The van der Waals surface area contributed by atoms with E-state index in [0.29, 0.717) is 0 Å². The van der Waals surface area contributed by atoms with Gasteiger partial charge in [-0.1, -0.05) is 20.8 Å². The molecule has 2 unspecified atom stereocenters. The second-order valence-electron chi connectivity index (χ2n) is 4.45. The van der Waals surface area contributed by atoms with Crippen molar-refractivity contribution in [2.75, 3.05) is 12.3 Å². The zero-order chi connectivity index (χ0) is 10.4. The largest absolute Gasteiger partial charge is 0.313 e. The molecule has 2 atom stereocenters. The lowest BCUT2D eigenvalue weighted by Crippen LogP contribution is -2.34. The van der Waals surface area contributed by atoms with Crippen LogP contribution >= 0.6 is 11.8 Å².